The Morgan fingerprint density at radius 1 is 1.18 bits per heavy atom. The zero-order valence-corrected chi connectivity index (χ0v) is 17.4. The van der Waals surface area contributed by atoms with Gasteiger partial charge in [0, 0.05) is 25.6 Å². The van der Waals surface area contributed by atoms with Gasteiger partial charge in [0.25, 0.3) is 0 Å². The Kier molecular flexibility index (Phi) is 5.48. The van der Waals surface area contributed by atoms with E-state index in [4.69, 9.17) is 9.47 Å². The average molecular weight is 403 g/mol. The Bertz CT molecular complexity index is 859. The molecular formula is C20H26N4O3S. The molecule has 2 aliphatic rings. The summed E-state index contributed by atoms with van der Waals surface area (Å²) >= 11 is 1.46. The van der Waals surface area contributed by atoms with Gasteiger partial charge < -0.3 is 18.9 Å². The lowest BCUT2D eigenvalue weighted by Gasteiger charge is -2.39. The van der Waals surface area contributed by atoms with Gasteiger partial charge in [0.05, 0.1) is 5.75 Å². The lowest BCUT2D eigenvalue weighted by Crippen LogP contribution is -2.48. The Hall–Kier alpha value is -2.22. The standard InChI is InChI=1S/C20H26N4O3S/c1-13-5-4-6-14(2)24(13)19(25)11-28-20-22-21-18(23(20)3)10-15-7-8-16-17(9-15)27-12-26-16/h7-9,13-14H,4-6,10-12H2,1-3H3/t13-,14-/m0/s1. The Morgan fingerprint density at radius 3 is 2.71 bits per heavy atom. The molecule has 0 bridgehead atoms. The highest BCUT2D eigenvalue weighted by atomic mass is 32.2. The van der Waals surface area contributed by atoms with Gasteiger partial charge in [0.1, 0.15) is 5.82 Å². The van der Waals surface area contributed by atoms with Gasteiger partial charge >= 0.3 is 0 Å². The molecule has 0 aliphatic carbocycles. The number of amides is 1. The number of nitrogens with zero attached hydrogens (tertiary/aromatic N) is 4. The molecule has 0 radical (unpaired) electrons. The average Bonchev–Trinajstić information content (AvgIpc) is 3.27. The zero-order chi connectivity index (χ0) is 19.7. The number of ether oxygens (including phenoxy) is 2. The number of hydrogen-bond donors (Lipinski definition) is 0. The van der Waals surface area contributed by atoms with Crippen molar-refractivity contribution < 1.29 is 14.3 Å². The van der Waals surface area contributed by atoms with Crippen molar-refractivity contribution in [2.75, 3.05) is 12.5 Å². The van der Waals surface area contributed by atoms with Crippen LogP contribution in [-0.4, -0.2) is 50.2 Å². The minimum atomic E-state index is 0.185. The van der Waals surface area contributed by atoms with E-state index < -0.39 is 0 Å². The molecule has 0 saturated carbocycles. The Morgan fingerprint density at radius 2 is 1.93 bits per heavy atom. The van der Waals surface area contributed by atoms with Crippen LogP contribution in [0.15, 0.2) is 23.4 Å². The van der Waals surface area contributed by atoms with Crippen molar-refractivity contribution >= 4 is 17.7 Å². The number of hydrogen-bond acceptors (Lipinski definition) is 6. The highest BCUT2D eigenvalue weighted by Gasteiger charge is 2.29. The first-order valence-corrected chi connectivity index (χ1v) is 10.7. The van der Waals surface area contributed by atoms with Gasteiger partial charge in [-0.25, -0.2) is 0 Å². The fourth-order valence-electron chi connectivity index (χ4n) is 3.97. The number of carbonyl (C=O) groups is 1. The van der Waals surface area contributed by atoms with E-state index in [0.29, 0.717) is 24.3 Å². The van der Waals surface area contributed by atoms with Crippen LogP contribution in [-0.2, 0) is 18.3 Å². The summed E-state index contributed by atoms with van der Waals surface area (Å²) in [5.41, 5.74) is 1.09. The predicted octanol–water partition coefficient (Wildman–Crippen LogP) is 3.02. The molecule has 8 heteroatoms. The molecule has 1 saturated heterocycles. The maximum Gasteiger partial charge on any atom is 0.233 e. The zero-order valence-electron chi connectivity index (χ0n) is 16.6. The molecule has 0 N–H and O–H groups in total. The highest BCUT2D eigenvalue weighted by molar-refractivity contribution is 7.99. The maximum atomic E-state index is 12.7. The molecule has 2 atom stereocenters. The first kappa shape index (κ1) is 19.1. The fourth-order valence-corrected chi connectivity index (χ4v) is 4.77. The molecule has 2 aromatic rings. The molecule has 150 valence electrons. The molecule has 1 aromatic heterocycles. The Labute approximate surface area is 169 Å². The molecular weight excluding hydrogens is 376 g/mol. The van der Waals surface area contributed by atoms with Gasteiger partial charge in [0.2, 0.25) is 12.7 Å². The van der Waals surface area contributed by atoms with Crippen molar-refractivity contribution in [1.29, 1.82) is 0 Å². The second-order valence-corrected chi connectivity index (χ2v) is 8.48. The monoisotopic (exact) mass is 402 g/mol. The van der Waals surface area contributed by atoms with Gasteiger partial charge in [-0.3, -0.25) is 4.79 Å². The molecule has 0 spiro atoms. The number of rotatable bonds is 5. The minimum absolute atomic E-state index is 0.185. The lowest BCUT2D eigenvalue weighted by molar-refractivity contribution is -0.134. The van der Waals surface area contributed by atoms with Crippen molar-refractivity contribution in [2.24, 2.45) is 7.05 Å². The summed E-state index contributed by atoms with van der Waals surface area (Å²) in [6.07, 6.45) is 4.02. The van der Waals surface area contributed by atoms with E-state index in [-0.39, 0.29) is 12.7 Å². The molecule has 3 heterocycles. The van der Waals surface area contributed by atoms with Gasteiger partial charge in [-0.1, -0.05) is 17.8 Å². The molecule has 1 amide bonds. The number of likely N-dealkylation sites (tertiary alicyclic amines) is 1. The maximum absolute atomic E-state index is 12.7. The Balaban J connectivity index is 1.39. The number of thioether (sulfide) groups is 1. The first-order valence-electron chi connectivity index (χ1n) is 9.73. The van der Waals surface area contributed by atoms with Crippen molar-refractivity contribution in [3.63, 3.8) is 0 Å². The van der Waals surface area contributed by atoms with Crippen LogP contribution in [0.3, 0.4) is 0 Å². The van der Waals surface area contributed by atoms with E-state index in [2.05, 4.69) is 24.0 Å². The topological polar surface area (TPSA) is 69.5 Å². The summed E-state index contributed by atoms with van der Waals surface area (Å²) in [7, 11) is 1.95. The second-order valence-electron chi connectivity index (χ2n) is 7.54. The van der Waals surface area contributed by atoms with E-state index >= 15 is 0 Å². The minimum Gasteiger partial charge on any atom is -0.454 e. The van der Waals surface area contributed by atoms with Crippen LogP contribution >= 0.6 is 11.8 Å². The molecule has 2 aliphatic heterocycles. The fraction of sp³-hybridized carbons (Fsp3) is 0.550. The summed E-state index contributed by atoms with van der Waals surface area (Å²) in [6, 6.07) is 6.55. The third-order valence-corrected chi connectivity index (χ3v) is 6.54. The summed E-state index contributed by atoms with van der Waals surface area (Å²) in [4.78, 5) is 14.8. The molecule has 4 rings (SSSR count). The van der Waals surface area contributed by atoms with E-state index in [1.54, 1.807) is 0 Å². The number of carbonyl (C=O) groups excluding carboxylic acids is 1. The van der Waals surface area contributed by atoms with Gasteiger partial charge in [-0.2, -0.15) is 0 Å². The van der Waals surface area contributed by atoms with Crippen molar-refractivity contribution in [3.8, 4) is 11.5 Å². The predicted molar refractivity (Wildman–Crippen MR) is 107 cm³/mol. The largest absolute Gasteiger partial charge is 0.454 e. The highest BCUT2D eigenvalue weighted by Crippen LogP contribution is 2.33. The molecule has 1 aromatic carbocycles. The van der Waals surface area contributed by atoms with E-state index in [9.17, 15) is 4.79 Å². The first-order chi connectivity index (χ1) is 13.5. The van der Waals surface area contributed by atoms with E-state index in [1.807, 2.05) is 34.7 Å². The molecule has 28 heavy (non-hydrogen) atoms. The van der Waals surface area contributed by atoms with Crippen LogP contribution in [0.2, 0.25) is 0 Å². The number of aromatic nitrogens is 3. The van der Waals surface area contributed by atoms with Gasteiger partial charge in [-0.15, -0.1) is 10.2 Å². The van der Waals surface area contributed by atoms with Crippen LogP contribution < -0.4 is 9.47 Å². The number of piperidine rings is 1. The van der Waals surface area contributed by atoms with Crippen LogP contribution in [0.25, 0.3) is 0 Å². The van der Waals surface area contributed by atoms with Crippen molar-refractivity contribution in [2.45, 2.75) is 56.8 Å². The van der Waals surface area contributed by atoms with Gasteiger partial charge in [0.15, 0.2) is 16.7 Å². The summed E-state index contributed by atoms with van der Waals surface area (Å²) < 4.78 is 12.8. The lowest BCUT2D eigenvalue weighted by atomic mass is 9.98. The molecule has 7 nitrogen and oxygen atoms in total. The van der Waals surface area contributed by atoms with Crippen molar-refractivity contribution in [1.82, 2.24) is 19.7 Å². The molecule has 1 fully saturated rings. The van der Waals surface area contributed by atoms with E-state index in [0.717, 1.165) is 40.9 Å². The number of benzene rings is 1. The number of fused-ring (bicyclic) bond motifs is 1. The second kappa shape index (κ2) is 8.03. The van der Waals surface area contributed by atoms with Gasteiger partial charge in [-0.05, 0) is 50.8 Å². The molecule has 0 unspecified atom stereocenters. The summed E-state index contributed by atoms with van der Waals surface area (Å²) in [5.74, 6) is 2.98. The van der Waals surface area contributed by atoms with E-state index in [1.165, 1.54) is 18.2 Å². The SMILES string of the molecule is C[C@H]1CCC[C@H](C)N1C(=O)CSc1nnc(Cc2ccc3c(c2)OCO3)n1C. The van der Waals surface area contributed by atoms with Crippen LogP contribution in [0.1, 0.15) is 44.5 Å². The third kappa shape index (κ3) is 3.83. The van der Waals surface area contributed by atoms with Crippen molar-refractivity contribution in [3.05, 3.63) is 29.6 Å². The van der Waals surface area contributed by atoms with Crippen LogP contribution in [0.4, 0.5) is 0 Å². The van der Waals surface area contributed by atoms with Crippen LogP contribution in [0.5, 0.6) is 11.5 Å². The summed E-state index contributed by atoms with van der Waals surface area (Å²) in [6.45, 7) is 4.56. The normalized spacial score (nSPS) is 21.2. The summed E-state index contributed by atoms with van der Waals surface area (Å²) in [5, 5.41) is 9.37. The smallest absolute Gasteiger partial charge is 0.233 e. The third-order valence-electron chi connectivity index (χ3n) is 5.53. The quantitative estimate of drug-likeness (QED) is 0.716. The van der Waals surface area contributed by atoms with Crippen LogP contribution in [0, 0.1) is 0 Å².